The van der Waals surface area contributed by atoms with Crippen LogP contribution in [-0.2, 0) is 7.05 Å². The second-order valence-electron chi connectivity index (χ2n) is 5.86. The van der Waals surface area contributed by atoms with Crippen LogP contribution < -0.4 is 5.56 Å². The Kier molecular flexibility index (Phi) is 4.79. The molecule has 1 atom stereocenters. The minimum absolute atomic E-state index is 0.00185. The normalized spacial score (nSPS) is 12.4. The topological polar surface area (TPSA) is 100 Å². The Morgan fingerprint density at radius 3 is 2.42 bits per heavy atom. The molecule has 0 saturated heterocycles. The first-order chi connectivity index (χ1) is 12.4. The molecule has 1 heterocycles. The maximum absolute atomic E-state index is 11.4. The molecule has 0 spiro atoms. The minimum Gasteiger partial charge on any atom is -0.508 e. The van der Waals surface area contributed by atoms with E-state index in [2.05, 4.69) is 15.3 Å². The van der Waals surface area contributed by atoms with E-state index in [1.807, 2.05) is 12.1 Å². The van der Waals surface area contributed by atoms with Gasteiger partial charge in [0.15, 0.2) is 0 Å². The molecule has 0 aliphatic heterocycles. The van der Waals surface area contributed by atoms with Gasteiger partial charge in [-0.05, 0) is 37.3 Å². The van der Waals surface area contributed by atoms with Crippen molar-refractivity contribution in [2.75, 3.05) is 0 Å². The van der Waals surface area contributed by atoms with Gasteiger partial charge >= 0.3 is 0 Å². The van der Waals surface area contributed by atoms with Crippen molar-refractivity contribution in [1.29, 1.82) is 0 Å². The fourth-order valence-corrected chi connectivity index (χ4v) is 2.46. The molecule has 1 aromatic heterocycles. The van der Waals surface area contributed by atoms with Crippen LogP contribution >= 0.6 is 0 Å². The lowest BCUT2D eigenvalue weighted by atomic mass is 10.1. The molecule has 0 radical (unpaired) electrons. The van der Waals surface area contributed by atoms with Crippen molar-refractivity contribution < 1.29 is 10.2 Å². The highest BCUT2D eigenvalue weighted by molar-refractivity contribution is 5.60. The monoisotopic (exact) mass is 350 g/mol. The van der Waals surface area contributed by atoms with E-state index in [1.54, 1.807) is 38.2 Å². The quantitative estimate of drug-likeness (QED) is 0.701. The van der Waals surface area contributed by atoms with E-state index >= 15 is 0 Å². The third-order valence-electron chi connectivity index (χ3n) is 3.93. The Bertz CT molecular complexity index is 1010. The van der Waals surface area contributed by atoms with Crippen LogP contribution in [-0.4, -0.2) is 20.0 Å². The first-order valence-electron chi connectivity index (χ1n) is 8.01. The third-order valence-corrected chi connectivity index (χ3v) is 3.93. The number of hydrogen-bond acceptors (Lipinski definition) is 6. The summed E-state index contributed by atoms with van der Waals surface area (Å²) < 4.78 is 1.29. The Labute approximate surface area is 149 Å². The van der Waals surface area contributed by atoms with Gasteiger partial charge in [-0.2, -0.15) is 15.3 Å². The fraction of sp³-hybridized carbons (Fsp3) is 0.158. The first-order valence-corrected chi connectivity index (χ1v) is 8.01. The van der Waals surface area contributed by atoms with Crippen molar-refractivity contribution in [3.63, 3.8) is 0 Å². The number of nitrogens with zero attached hydrogens (tertiary/aromatic N) is 4. The molecule has 2 N–H and O–H groups in total. The molecular formula is C19H18N4O3. The van der Waals surface area contributed by atoms with Gasteiger partial charge in [-0.3, -0.25) is 4.79 Å². The van der Waals surface area contributed by atoms with Gasteiger partial charge in [-0.25, -0.2) is 4.68 Å². The van der Waals surface area contributed by atoms with Gasteiger partial charge in [0, 0.05) is 30.3 Å². The molecule has 7 heteroatoms. The van der Waals surface area contributed by atoms with Crippen molar-refractivity contribution in [2.24, 2.45) is 17.3 Å². The first kappa shape index (κ1) is 17.3. The van der Waals surface area contributed by atoms with Crippen molar-refractivity contribution in [1.82, 2.24) is 9.78 Å². The molecule has 26 heavy (non-hydrogen) atoms. The maximum Gasteiger partial charge on any atom is 0.266 e. The largest absolute Gasteiger partial charge is 0.508 e. The van der Waals surface area contributed by atoms with Crippen LogP contribution in [0.15, 0.2) is 69.6 Å². The van der Waals surface area contributed by atoms with Crippen LogP contribution in [0.25, 0.3) is 11.3 Å². The minimum atomic E-state index is -0.361. The molecule has 0 saturated carbocycles. The second kappa shape index (κ2) is 7.18. The lowest BCUT2D eigenvalue weighted by Gasteiger charge is -2.08. The summed E-state index contributed by atoms with van der Waals surface area (Å²) in [6, 6.07) is 14.5. The Morgan fingerprint density at radius 2 is 1.77 bits per heavy atom. The summed E-state index contributed by atoms with van der Waals surface area (Å²) >= 11 is 0. The summed E-state index contributed by atoms with van der Waals surface area (Å²) in [6.07, 6.45) is 0. The highest BCUT2D eigenvalue weighted by atomic mass is 16.3. The molecule has 7 nitrogen and oxygen atoms in total. The van der Waals surface area contributed by atoms with Crippen LogP contribution in [0.2, 0.25) is 0 Å². The Hall–Kier alpha value is -3.48. The summed E-state index contributed by atoms with van der Waals surface area (Å²) in [7, 11) is 1.61. The van der Waals surface area contributed by atoms with E-state index in [0.717, 1.165) is 5.56 Å². The predicted molar refractivity (Wildman–Crippen MR) is 97.6 cm³/mol. The molecule has 0 amide bonds. The van der Waals surface area contributed by atoms with Gasteiger partial charge in [0.1, 0.15) is 11.5 Å². The van der Waals surface area contributed by atoms with Gasteiger partial charge in [0.2, 0.25) is 0 Å². The zero-order valence-electron chi connectivity index (χ0n) is 14.4. The summed E-state index contributed by atoms with van der Waals surface area (Å²) in [6.45, 7) is 1.80. The van der Waals surface area contributed by atoms with Gasteiger partial charge in [-0.15, -0.1) is 0 Å². The van der Waals surface area contributed by atoms with Gasteiger partial charge in [0.25, 0.3) is 5.56 Å². The van der Waals surface area contributed by atoms with Crippen molar-refractivity contribution in [3.05, 3.63) is 70.5 Å². The summed E-state index contributed by atoms with van der Waals surface area (Å²) in [4.78, 5) is 11.4. The molecule has 0 aliphatic carbocycles. The highest BCUT2D eigenvalue weighted by Crippen LogP contribution is 2.31. The molecule has 3 aromatic rings. The summed E-state index contributed by atoms with van der Waals surface area (Å²) in [5.41, 5.74) is 2.63. The SMILES string of the molecule is CC(N=Nc1ccc(-c2ccc(=O)n(C)n2)cc1)c1ccc(O)cc1O. The van der Waals surface area contributed by atoms with E-state index in [0.29, 0.717) is 16.9 Å². The van der Waals surface area contributed by atoms with E-state index in [4.69, 9.17) is 0 Å². The van der Waals surface area contributed by atoms with Gasteiger partial charge < -0.3 is 10.2 Å². The maximum atomic E-state index is 11.4. The predicted octanol–water partition coefficient (Wildman–Crippen LogP) is 3.70. The van der Waals surface area contributed by atoms with Crippen molar-refractivity contribution in [2.45, 2.75) is 13.0 Å². The molecule has 0 aliphatic rings. The van der Waals surface area contributed by atoms with E-state index in [-0.39, 0.29) is 23.1 Å². The summed E-state index contributed by atoms with van der Waals surface area (Å²) in [5.74, 6) is -0.0226. The standard InChI is InChI=1S/C19H18N4O3/c1-12(16-8-7-15(24)11-18(16)25)20-21-14-5-3-13(4-6-14)17-9-10-19(26)23(2)22-17/h3-12,24-25H,1-2H3. The number of hydrogen-bond donors (Lipinski definition) is 2. The van der Waals surface area contributed by atoms with Crippen LogP contribution in [0.5, 0.6) is 11.5 Å². The second-order valence-corrected chi connectivity index (χ2v) is 5.86. The number of azo groups is 1. The average molecular weight is 350 g/mol. The number of phenolic OH excluding ortho intramolecular Hbond substituents is 2. The fourth-order valence-electron chi connectivity index (χ4n) is 2.46. The van der Waals surface area contributed by atoms with Crippen LogP contribution in [0.4, 0.5) is 5.69 Å². The average Bonchev–Trinajstić information content (AvgIpc) is 2.62. The number of rotatable bonds is 4. The Morgan fingerprint density at radius 1 is 1.04 bits per heavy atom. The zero-order valence-corrected chi connectivity index (χ0v) is 14.4. The number of benzene rings is 2. The third kappa shape index (κ3) is 3.77. The Balaban J connectivity index is 1.77. The zero-order chi connectivity index (χ0) is 18.7. The molecule has 3 rings (SSSR count). The van der Waals surface area contributed by atoms with Crippen molar-refractivity contribution in [3.8, 4) is 22.8 Å². The number of phenols is 2. The van der Waals surface area contributed by atoms with Gasteiger partial charge in [-0.1, -0.05) is 12.1 Å². The molecular weight excluding hydrogens is 332 g/mol. The van der Waals surface area contributed by atoms with E-state index in [1.165, 1.54) is 22.9 Å². The molecule has 1 unspecified atom stereocenters. The van der Waals surface area contributed by atoms with Gasteiger partial charge in [0.05, 0.1) is 17.4 Å². The lowest BCUT2D eigenvalue weighted by molar-refractivity contribution is 0.442. The molecule has 0 fully saturated rings. The molecule has 0 bridgehead atoms. The molecule has 2 aromatic carbocycles. The number of aryl methyl sites for hydroxylation is 1. The summed E-state index contributed by atoms with van der Waals surface area (Å²) in [5, 5.41) is 31.8. The van der Waals surface area contributed by atoms with Crippen LogP contribution in [0.1, 0.15) is 18.5 Å². The number of aromatic nitrogens is 2. The van der Waals surface area contributed by atoms with E-state index < -0.39 is 0 Å². The highest BCUT2D eigenvalue weighted by Gasteiger charge is 2.10. The van der Waals surface area contributed by atoms with Crippen molar-refractivity contribution >= 4 is 5.69 Å². The smallest absolute Gasteiger partial charge is 0.266 e. The van der Waals surface area contributed by atoms with E-state index in [9.17, 15) is 15.0 Å². The molecule has 132 valence electrons. The van der Waals surface area contributed by atoms with Crippen LogP contribution in [0.3, 0.4) is 0 Å². The number of aromatic hydroxyl groups is 2. The van der Waals surface area contributed by atoms with Crippen LogP contribution in [0, 0.1) is 0 Å². The lowest BCUT2D eigenvalue weighted by Crippen LogP contribution is -2.18.